The number of carbonyl (C=O) groups excluding carboxylic acids is 1. The number of carbonyl (C=O) groups is 1. The monoisotopic (exact) mass is 242 g/mol. The molecule has 1 aliphatic rings. The number of thiazole rings is 1. The molecule has 1 aromatic heterocycles. The summed E-state index contributed by atoms with van der Waals surface area (Å²) < 4.78 is 4.95. The first-order valence-electron chi connectivity index (χ1n) is 4.49. The van der Waals surface area contributed by atoms with Crippen molar-refractivity contribution in [1.29, 1.82) is 0 Å². The molecule has 0 N–H and O–H groups in total. The Labute approximate surface area is 95.9 Å². The van der Waals surface area contributed by atoms with E-state index >= 15 is 0 Å². The van der Waals surface area contributed by atoms with Crippen LogP contribution in [0, 0.1) is 0 Å². The van der Waals surface area contributed by atoms with E-state index < -0.39 is 0 Å². The van der Waals surface area contributed by atoms with Crippen LogP contribution in [0.4, 0.5) is 4.79 Å². The Kier molecular flexibility index (Phi) is 3.27. The van der Waals surface area contributed by atoms with Crippen molar-refractivity contribution in [1.82, 2.24) is 9.88 Å². The quantitative estimate of drug-likeness (QED) is 0.799. The lowest BCUT2D eigenvalue weighted by atomic mass is 10.6. The minimum Gasteiger partial charge on any atom is -0.449 e. The molecule has 2 heterocycles. The van der Waals surface area contributed by atoms with Gasteiger partial charge in [-0.1, -0.05) is 11.8 Å². The molecular formula is C9H10N2O2S2. The highest BCUT2D eigenvalue weighted by molar-refractivity contribution is 8.02. The number of hydrogen-bond donors (Lipinski definition) is 0. The molecule has 0 saturated carbocycles. The van der Waals surface area contributed by atoms with Gasteiger partial charge in [-0.15, -0.1) is 11.3 Å². The zero-order chi connectivity index (χ0) is 10.7. The van der Waals surface area contributed by atoms with E-state index in [0.717, 1.165) is 5.01 Å². The van der Waals surface area contributed by atoms with Gasteiger partial charge in [-0.3, -0.25) is 4.90 Å². The molecule has 0 aromatic carbocycles. The van der Waals surface area contributed by atoms with Crippen molar-refractivity contribution in [2.24, 2.45) is 0 Å². The zero-order valence-corrected chi connectivity index (χ0v) is 9.75. The molecule has 0 aliphatic carbocycles. The van der Waals surface area contributed by atoms with E-state index in [9.17, 15) is 4.79 Å². The highest BCUT2D eigenvalue weighted by Crippen LogP contribution is 2.39. The standard InChI is InChI=1S/C9H10N2O2S2/c1-2-13-9(12)11-4-6-15-8(11)7-10-3-5-14-7/h3-6,8H,2H2,1H3. The van der Waals surface area contributed by atoms with Crippen LogP contribution >= 0.6 is 23.1 Å². The number of rotatable bonds is 2. The second-order valence-corrected chi connectivity index (χ2v) is 4.67. The summed E-state index contributed by atoms with van der Waals surface area (Å²) in [6.45, 7) is 2.18. The number of amides is 1. The molecule has 80 valence electrons. The summed E-state index contributed by atoms with van der Waals surface area (Å²) in [4.78, 5) is 17.3. The first-order chi connectivity index (χ1) is 7.33. The van der Waals surface area contributed by atoms with Gasteiger partial charge in [-0.2, -0.15) is 0 Å². The van der Waals surface area contributed by atoms with Crippen LogP contribution in [0.2, 0.25) is 0 Å². The Bertz CT molecular complexity index is 364. The van der Waals surface area contributed by atoms with Crippen LogP contribution in [0.25, 0.3) is 0 Å². The number of ether oxygens (including phenoxy) is 1. The van der Waals surface area contributed by atoms with E-state index in [1.807, 2.05) is 10.8 Å². The Hall–Kier alpha value is -1.01. The van der Waals surface area contributed by atoms with Crippen LogP contribution in [0.5, 0.6) is 0 Å². The van der Waals surface area contributed by atoms with E-state index in [-0.39, 0.29) is 11.5 Å². The van der Waals surface area contributed by atoms with Gasteiger partial charge in [0, 0.05) is 17.8 Å². The Morgan fingerprint density at radius 1 is 1.73 bits per heavy atom. The van der Waals surface area contributed by atoms with Gasteiger partial charge in [0.25, 0.3) is 0 Å². The summed E-state index contributed by atoms with van der Waals surface area (Å²) in [6, 6.07) is 0. The minimum absolute atomic E-state index is 0.0657. The number of nitrogens with zero attached hydrogens (tertiary/aromatic N) is 2. The predicted molar refractivity (Wildman–Crippen MR) is 60.4 cm³/mol. The fourth-order valence-electron chi connectivity index (χ4n) is 1.21. The van der Waals surface area contributed by atoms with Crippen molar-refractivity contribution in [3.8, 4) is 0 Å². The minimum atomic E-state index is -0.320. The fraction of sp³-hybridized carbons (Fsp3) is 0.333. The first kappa shape index (κ1) is 10.5. The van der Waals surface area contributed by atoms with E-state index in [1.54, 1.807) is 36.0 Å². The van der Waals surface area contributed by atoms with Gasteiger partial charge in [0.15, 0.2) is 0 Å². The van der Waals surface area contributed by atoms with Crippen molar-refractivity contribution >= 4 is 29.2 Å². The lowest BCUT2D eigenvalue weighted by Crippen LogP contribution is -2.26. The summed E-state index contributed by atoms with van der Waals surface area (Å²) >= 11 is 3.09. The molecule has 6 heteroatoms. The van der Waals surface area contributed by atoms with Crippen LogP contribution in [0.1, 0.15) is 17.3 Å². The van der Waals surface area contributed by atoms with Crippen molar-refractivity contribution < 1.29 is 9.53 Å². The van der Waals surface area contributed by atoms with Crippen molar-refractivity contribution in [3.05, 3.63) is 28.2 Å². The fourth-order valence-corrected chi connectivity index (χ4v) is 2.97. The average Bonchev–Trinajstić information content (AvgIpc) is 2.88. The molecule has 0 bridgehead atoms. The normalized spacial score (nSPS) is 19.5. The summed E-state index contributed by atoms with van der Waals surface area (Å²) in [5.74, 6) is 0. The van der Waals surface area contributed by atoms with E-state index in [2.05, 4.69) is 4.98 Å². The van der Waals surface area contributed by atoms with E-state index in [4.69, 9.17) is 4.74 Å². The molecular weight excluding hydrogens is 232 g/mol. The van der Waals surface area contributed by atoms with Gasteiger partial charge in [-0.05, 0) is 12.3 Å². The van der Waals surface area contributed by atoms with Crippen LogP contribution in [0.3, 0.4) is 0 Å². The molecule has 1 unspecified atom stereocenters. The van der Waals surface area contributed by atoms with Crippen LogP contribution in [0.15, 0.2) is 23.2 Å². The van der Waals surface area contributed by atoms with Gasteiger partial charge in [0.1, 0.15) is 10.4 Å². The Balaban J connectivity index is 2.11. The van der Waals surface area contributed by atoms with Gasteiger partial charge >= 0.3 is 6.09 Å². The lowest BCUT2D eigenvalue weighted by Gasteiger charge is -2.19. The third kappa shape index (κ3) is 2.15. The molecule has 2 rings (SSSR count). The third-order valence-corrected chi connectivity index (χ3v) is 3.79. The second-order valence-electron chi connectivity index (χ2n) is 2.75. The molecule has 1 aliphatic heterocycles. The average molecular weight is 242 g/mol. The largest absolute Gasteiger partial charge is 0.449 e. The summed E-state index contributed by atoms with van der Waals surface area (Å²) in [5, 5.41) is 4.63. The maximum Gasteiger partial charge on any atom is 0.415 e. The molecule has 0 spiro atoms. The number of aromatic nitrogens is 1. The summed E-state index contributed by atoms with van der Waals surface area (Å²) in [7, 11) is 0. The van der Waals surface area contributed by atoms with Crippen molar-refractivity contribution in [3.63, 3.8) is 0 Å². The van der Waals surface area contributed by atoms with Crippen LogP contribution < -0.4 is 0 Å². The van der Waals surface area contributed by atoms with Crippen molar-refractivity contribution in [2.75, 3.05) is 6.61 Å². The highest BCUT2D eigenvalue weighted by Gasteiger charge is 2.29. The molecule has 0 radical (unpaired) electrons. The summed E-state index contributed by atoms with van der Waals surface area (Å²) in [5.41, 5.74) is 0. The van der Waals surface area contributed by atoms with Crippen molar-refractivity contribution in [2.45, 2.75) is 12.3 Å². The van der Waals surface area contributed by atoms with E-state index in [1.165, 1.54) is 11.3 Å². The molecule has 1 atom stereocenters. The highest BCUT2D eigenvalue weighted by atomic mass is 32.2. The number of hydrogen-bond acceptors (Lipinski definition) is 5. The summed E-state index contributed by atoms with van der Waals surface area (Å²) in [6.07, 6.45) is 3.15. The second kappa shape index (κ2) is 4.67. The smallest absolute Gasteiger partial charge is 0.415 e. The lowest BCUT2D eigenvalue weighted by molar-refractivity contribution is 0.120. The van der Waals surface area contributed by atoms with E-state index in [0.29, 0.717) is 6.61 Å². The zero-order valence-electron chi connectivity index (χ0n) is 8.12. The van der Waals surface area contributed by atoms with Gasteiger partial charge in [0.2, 0.25) is 0 Å². The Morgan fingerprint density at radius 3 is 3.27 bits per heavy atom. The van der Waals surface area contributed by atoms with Gasteiger partial charge in [-0.25, -0.2) is 9.78 Å². The topological polar surface area (TPSA) is 42.4 Å². The molecule has 1 aromatic rings. The molecule has 15 heavy (non-hydrogen) atoms. The Morgan fingerprint density at radius 2 is 2.60 bits per heavy atom. The number of thioether (sulfide) groups is 1. The third-order valence-electron chi connectivity index (χ3n) is 1.82. The first-order valence-corrected chi connectivity index (χ1v) is 6.31. The van der Waals surface area contributed by atoms with Crippen LogP contribution in [-0.4, -0.2) is 22.6 Å². The maximum absolute atomic E-state index is 11.6. The maximum atomic E-state index is 11.6. The molecule has 0 saturated heterocycles. The molecule has 0 fully saturated rings. The van der Waals surface area contributed by atoms with Gasteiger partial charge < -0.3 is 4.74 Å². The van der Waals surface area contributed by atoms with Gasteiger partial charge in [0.05, 0.1) is 6.61 Å². The van der Waals surface area contributed by atoms with Crippen LogP contribution in [-0.2, 0) is 4.74 Å². The predicted octanol–water partition coefficient (Wildman–Crippen LogP) is 2.82. The SMILES string of the molecule is CCOC(=O)N1C=CSC1c1nccs1. The molecule has 4 nitrogen and oxygen atoms in total. The molecule has 1 amide bonds.